The third-order valence-electron chi connectivity index (χ3n) is 1.37. The first kappa shape index (κ1) is 8.06. The Hall–Kier alpha value is -1.56. The molecule has 0 aliphatic heterocycles. The van der Waals surface area contributed by atoms with Gasteiger partial charge in [0, 0.05) is 5.38 Å². The van der Waals surface area contributed by atoms with Crippen LogP contribution in [0.2, 0.25) is 0 Å². The van der Waals surface area contributed by atoms with Crippen LogP contribution >= 0.6 is 11.3 Å². The highest BCUT2D eigenvalue weighted by molar-refractivity contribution is 7.09. The van der Waals surface area contributed by atoms with Gasteiger partial charge in [0.15, 0.2) is 0 Å². The van der Waals surface area contributed by atoms with E-state index in [9.17, 15) is 0 Å². The molecule has 0 spiro atoms. The van der Waals surface area contributed by atoms with Gasteiger partial charge in [0.25, 0.3) is 0 Å². The van der Waals surface area contributed by atoms with Crippen molar-refractivity contribution in [1.29, 1.82) is 0 Å². The molecule has 0 unspecified atom stereocenters. The van der Waals surface area contributed by atoms with E-state index in [1.165, 1.54) is 17.3 Å². The van der Waals surface area contributed by atoms with E-state index >= 15 is 0 Å². The van der Waals surface area contributed by atoms with E-state index in [1.807, 2.05) is 12.3 Å². The summed E-state index contributed by atoms with van der Waals surface area (Å²) in [7, 11) is 0. The fourth-order valence-corrected chi connectivity index (χ4v) is 1.38. The summed E-state index contributed by atoms with van der Waals surface area (Å²) in [4.78, 5) is 4.23. The van der Waals surface area contributed by atoms with Crippen LogP contribution in [0, 0.1) is 6.92 Å². The Morgan fingerprint density at radius 2 is 2.23 bits per heavy atom. The molecule has 0 radical (unpaired) electrons. The minimum Gasteiger partial charge on any atom is -0.240 e. The number of aryl methyl sites for hydroxylation is 1. The largest absolute Gasteiger partial charge is 0.240 e. The Balaban J connectivity index is 2.14. The van der Waals surface area contributed by atoms with E-state index in [0.29, 0.717) is 0 Å². The molecule has 0 saturated carbocycles. The van der Waals surface area contributed by atoms with Gasteiger partial charge in [-0.15, -0.1) is 21.5 Å². The summed E-state index contributed by atoms with van der Waals surface area (Å²) in [6.07, 6.45) is 4.72. The third-order valence-corrected chi connectivity index (χ3v) is 2.16. The maximum Gasteiger partial charge on any atom is 0.141 e. The second kappa shape index (κ2) is 3.44. The minimum absolute atomic E-state index is 0.858. The molecule has 2 aromatic rings. The molecule has 0 atom stereocenters. The first-order valence-corrected chi connectivity index (χ1v) is 4.54. The molecule has 0 bridgehead atoms. The maximum absolute atomic E-state index is 4.23. The van der Waals surface area contributed by atoms with Crippen LogP contribution < -0.4 is 0 Å². The molecule has 0 saturated heterocycles. The molecule has 2 rings (SSSR count). The molecule has 0 aromatic carbocycles. The molecule has 0 aliphatic rings. The minimum atomic E-state index is 0.858. The van der Waals surface area contributed by atoms with E-state index in [0.717, 1.165) is 10.7 Å². The summed E-state index contributed by atoms with van der Waals surface area (Å²) in [5.74, 6) is 0. The summed E-state index contributed by atoms with van der Waals surface area (Å²) in [5, 5.41) is 14.3. The van der Waals surface area contributed by atoms with Gasteiger partial charge in [0.1, 0.15) is 12.7 Å². The van der Waals surface area contributed by atoms with Crippen LogP contribution in [0.3, 0.4) is 0 Å². The number of hydrogen-bond acceptors (Lipinski definition) is 5. The highest BCUT2D eigenvalue weighted by Gasteiger charge is 1.93. The van der Waals surface area contributed by atoms with Crippen molar-refractivity contribution < 1.29 is 0 Å². The van der Waals surface area contributed by atoms with Crippen LogP contribution in [0.5, 0.6) is 0 Å². The van der Waals surface area contributed by atoms with E-state index in [1.54, 1.807) is 17.6 Å². The van der Waals surface area contributed by atoms with Gasteiger partial charge in [-0.05, 0) is 6.92 Å². The van der Waals surface area contributed by atoms with Crippen LogP contribution in [-0.2, 0) is 0 Å². The van der Waals surface area contributed by atoms with Gasteiger partial charge in [0.05, 0.1) is 16.9 Å². The number of aromatic nitrogens is 4. The van der Waals surface area contributed by atoms with Crippen molar-refractivity contribution >= 4 is 17.6 Å². The summed E-state index contributed by atoms with van der Waals surface area (Å²) in [5.41, 5.74) is 0.858. The zero-order chi connectivity index (χ0) is 9.10. The molecule has 5 nitrogen and oxygen atoms in total. The molecule has 66 valence electrons. The Labute approximate surface area is 78.8 Å². The fourth-order valence-electron chi connectivity index (χ4n) is 0.820. The van der Waals surface area contributed by atoms with E-state index in [4.69, 9.17) is 0 Å². The lowest BCUT2D eigenvalue weighted by Crippen LogP contribution is -1.87. The molecule has 2 aromatic heterocycles. The summed E-state index contributed by atoms with van der Waals surface area (Å²) in [6, 6.07) is 0. The number of hydrogen-bond donors (Lipinski definition) is 0. The Morgan fingerprint density at radius 1 is 1.46 bits per heavy atom. The summed E-state index contributed by atoms with van der Waals surface area (Å²) >= 11 is 1.60. The zero-order valence-corrected chi connectivity index (χ0v) is 7.77. The van der Waals surface area contributed by atoms with Crippen molar-refractivity contribution in [3.05, 3.63) is 28.7 Å². The Bertz CT molecular complexity index is 402. The van der Waals surface area contributed by atoms with Gasteiger partial charge < -0.3 is 0 Å². The smallest absolute Gasteiger partial charge is 0.141 e. The lowest BCUT2D eigenvalue weighted by Gasteiger charge is -1.85. The first-order chi connectivity index (χ1) is 6.34. The number of nitrogens with zero attached hydrogens (tertiary/aromatic N) is 5. The molecule has 2 heterocycles. The number of thiazole rings is 1. The standard InChI is InChI=1S/C7H7N5S/c1-6-11-7(3-13-6)2-10-12-4-8-9-5-12/h2-5H,1H3/b10-2+. The Kier molecular flexibility index (Phi) is 2.13. The molecule has 6 heteroatoms. The molecular formula is C7H7N5S. The average Bonchev–Trinajstić information content (AvgIpc) is 2.71. The molecule has 0 amide bonds. The highest BCUT2D eigenvalue weighted by atomic mass is 32.1. The summed E-state index contributed by atoms with van der Waals surface area (Å²) in [6.45, 7) is 1.96. The predicted octanol–water partition coefficient (Wildman–Crippen LogP) is 0.925. The van der Waals surface area contributed by atoms with Gasteiger partial charge in [-0.2, -0.15) is 5.10 Å². The van der Waals surface area contributed by atoms with Crippen molar-refractivity contribution in [3.63, 3.8) is 0 Å². The van der Waals surface area contributed by atoms with Gasteiger partial charge >= 0.3 is 0 Å². The quantitative estimate of drug-likeness (QED) is 0.666. The van der Waals surface area contributed by atoms with Gasteiger partial charge in [-0.25, -0.2) is 9.66 Å². The highest BCUT2D eigenvalue weighted by Crippen LogP contribution is 2.05. The molecule has 0 N–H and O–H groups in total. The van der Waals surface area contributed by atoms with Crippen molar-refractivity contribution in [2.45, 2.75) is 6.92 Å². The topological polar surface area (TPSA) is 56.0 Å². The van der Waals surface area contributed by atoms with Crippen LogP contribution in [0.15, 0.2) is 23.1 Å². The molecule has 13 heavy (non-hydrogen) atoms. The van der Waals surface area contributed by atoms with E-state index in [-0.39, 0.29) is 0 Å². The van der Waals surface area contributed by atoms with Crippen molar-refractivity contribution in [3.8, 4) is 0 Å². The van der Waals surface area contributed by atoms with Crippen molar-refractivity contribution in [2.75, 3.05) is 0 Å². The first-order valence-electron chi connectivity index (χ1n) is 3.66. The second-order valence-electron chi connectivity index (χ2n) is 2.38. The lowest BCUT2D eigenvalue weighted by atomic mass is 10.5. The van der Waals surface area contributed by atoms with Gasteiger partial charge in [-0.1, -0.05) is 0 Å². The monoisotopic (exact) mass is 193 g/mol. The van der Waals surface area contributed by atoms with E-state index in [2.05, 4.69) is 20.3 Å². The van der Waals surface area contributed by atoms with Crippen LogP contribution in [0.1, 0.15) is 10.7 Å². The average molecular weight is 193 g/mol. The van der Waals surface area contributed by atoms with Crippen LogP contribution in [0.25, 0.3) is 0 Å². The van der Waals surface area contributed by atoms with Crippen molar-refractivity contribution in [2.24, 2.45) is 5.10 Å². The van der Waals surface area contributed by atoms with E-state index < -0.39 is 0 Å². The van der Waals surface area contributed by atoms with Crippen LogP contribution in [-0.4, -0.2) is 26.1 Å². The molecule has 0 aliphatic carbocycles. The predicted molar refractivity (Wildman–Crippen MR) is 49.9 cm³/mol. The van der Waals surface area contributed by atoms with Crippen molar-refractivity contribution in [1.82, 2.24) is 19.9 Å². The SMILES string of the molecule is Cc1nc(/C=N/n2cnnc2)cs1. The molecular weight excluding hydrogens is 186 g/mol. The second-order valence-corrected chi connectivity index (χ2v) is 3.44. The maximum atomic E-state index is 4.23. The normalized spacial score (nSPS) is 11.2. The number of rotatable bonds is 2. The van der Waals surface area contributed by atoms with Gasteiger partial charge in [-0.3, -0.25) is 0 Å². The summed E-state index contributed by atoms with van der Waals surface area (Å²) < 4.78 is 1.52. The van der Waals surface area contributed by atoms with Crippen LogP contribution in [0.4, 0.5) is 0 Å². The van der Waals surface area contributed by atoms with Gasteiger partial charge in [0.2, 0.25) is 0 Å². The fraction of sp³-hybridized carbons (Fsp3) is 0.143. The third kappa shape index (κ3) is 1.97. The zero-order valence-electron chi connectivity index (χ0n) is 6.95. The Morgan fingerprint density at radius 3 is 2.85 bits per heavy atom. The molecule has 0 fully saturated rings. The lowest BCUT2D eigenvalue weighted by molar-refractivity contribution is 0.877.